The van der Waals surface area contributed by atoms with Crippen LogP contribution in [0.1, 0.15) is 24.0 Å². The van der Waals surface area contributed by atoms with E-state index in [-0.39, 0.29) is 0 Å². The van der Waals surface area contributed by atoms with Gasteiger partial charge in [0.05, 0.1) is 11.3 Å². The molecule has 3 N–H and O–H groups in total. The maximum absolute atomic E-state index is 9.79. The van der Waals surface area contributed by atoms with Crippen LogP contribution in [0.4, 0.5) is 11.4 Å². The number of likely N-dealkylation sites (tertiary alicyclic amines) is 1. The number of piperidine rings is 1. The van der Waals surface area contributed by atoms with E-state index in [1.54, 1.807) is 17.5 Å². The minimum Gasteiger partial charge on any atom is -0.396 e. The molecule has 0 radical (unpaired) electrons. The number of anilines is 2. The monoisotopic (exact) mass is 493 g/mol. The highest BCUT2D eigenvalue weighted by atomic mass is 32.1. The van der Waals surface area contributed by atoms with Crippen molar-refractivity contribution in [1.82, 2.24) is 14.9 Å². The van der Waals surface area contributed by atoms with Crippen LogP contribution < -0.4 is 5.32 Å². The van der Waals surface area contributed by atoms with E-state index >= 15 is 0 Å². The van der Waals surface area contributed by atoms with Crippen molar-refractivity contribution in [3.8, 4) is 16.5 Å². The fourth-order valence-electron chi connectivity index (χ4n) is 5.03. The molecule has 6 nitrogen and oxygen atoms in total. The minimum atomic E-state index is 0.300. The number of pyridine rings is 1. The van der Waals surface area contributed by atoms with Crippen molar-refractivity contribution in [3.05, 3.63) is 78.1 Å². The van der Waals surface area contributed by atoms with Gasteiger partial charge in [0, 0.05) is 52.4 Å². The summed E-state index contributed by atoms with van der Waals surface area (Å²) in [6.07, 6.45) is 5.71. The summed E-state index contributed by atoms with van der Waals surface area (Å²) in [6, 6.07) is 21.4. The molecule has 0 amide bonds. The van der Waals surface area contributed by atoms with Crippen LogP contribution in [0.3, 0.4) is 0 Å². The van der Waals surface area contributed by atoms with Gasteiger partial charge in [-0.25, -0.2) is 4.98 Å². The van der Waals surface area contributed by atoms with Gasteiger partial charge in [0.2, 0.25) is 0 Å². The number of nitriles is 1. The molecule has 36 heavy (non-hydrogen) atoms. The van der Waals surface area contributed by atoms with E-state index in [9.17, 15) is 10.4 Å². The predicted octanol–water partition coefficient (Wildman–Crippen LogP) is 6.26. The second kappa shape index (κ2) is 9.75. The summed E-state index contributed by atoms with van der Waals surface area (Å²) in [6.45, 7) is 3.28. The van der Waals surface area contributed by atoms with Crippen molar-refractivity contribution in [2.24, 2.45) is 5.92 Å². The molecule has 0 bridgehead atoms. The van der Waals surface area contributed by atoms with Crippen molar-refractivity contribution in [2.75, 3.05) is 25.0 Å². The minimum absolute atomic E-state index is 0.300. The molecular weight excluding hydrogens is 466 g/mol. The molecule has 4 heterocycles. The van der Waals surface area contributed by atoms with Crippen molar-refractivity contribution in [2.45, 2.75) is 19.4 Å². The standard InChI is InChI=1S/C29H27N5OS/c30-15-23-16-32-29-25(28(23)33-24-4-5-26-21(13-24)6-9-31-26)14-27(36-29)22-3-1-2-20(12-22)17-34-10-7-19(18-35)8-11-34/h1-6,9,12-14,16,19,31,35H,7-8,10-11,17-18H2,(H,32,33). The van der Waals surface area contributed by atoms with Gasteiger partial charge in [0.1, 0.15) is 10.9 Å². The van der Waals surface area contributed by atoms with Gasteiger partial charge in [0.25, 0.3) is 0 Å². The number of benzene rings is 2. The molecule has 1 aliphatic heterocycles. The van der Waals surface area contributed by atoms with Crippen LogP contribution in [0.2, 0.25) is 0 Å². The van der Waals surface area contributed by atoms with E-state index in [2.05, 4.69) is 62.7 Å². The molecule has 180 valence electrons. The van der Waals surface area contributed by atoms with Crippen molar-refractivity contribution in [1.29, 1.82) is 5.26 Å². The number of hydrogen-bond donors (Lipinski definition) is 3. The largest absolute Gasteiger partial charge is 0.396 e. The Kier molecular flexibility index (Phi) is 6.16. The quantitative estimate of drug-likeness (QED) is 0.260. The van der Waals surface area contributed by atoms with Gasteiger partial charge in [-0.2, -0.15) is 5.26 Å². The summed E-state index contributed by atoms with van der Waals surface area (Å²) in [5, 5.41) is 24.8. The average molecular weight is 494 g/mol. The van der Waals surface area contributed by atoms with Crippen molar-refractivity contribution in [3.63, 3.8) is 0 Å². The normalized spacial score (nSPS) is 14.9. The number of aliphatic hydroxyl groups excluding tert-OH is 1. The highest BCUT2D eigenvalue weighted by Crippen LogP contribution is 2.39. The molecule has 0 saturated carbocycles. The molecule has 1 fully saturated rings. The third-order valence-corrected chi connectivity index (χ3v) is 8.18. The Hall–Kier alpha value is -3.70. The second-order valence-corrected chi connectivity index (χ2v) is 10.5. The van der Waals surface area contributed by atoms with E-state index in [0.29, 0.717) is 18.1 Å². The van der Waals surface area contributed by atoms with E-state index in [1.807, 2.05) is 24.4 Å². The zero-order valence-corrected chi connectivity index (χ0v) is 20.7. The highest BCUT2D eigenvalue weighted by molar-refractivity contribution is 7.22. The molecule has 2 aromatic carbocycles. The molecule has 0 atom stereocenters. The van der Waals surface area contributed by atoms with Crippen molar-refractivity contribution < 1.29 is 5.11 Å². The first kappa shape index (κ1) is 22.7. The SMILES string of the molecule is N#Cc1cnc2sc(-c3cccc(CN4CCC(CO)CC4)c3)cc2c1Nc1ccc2[nH]ccc2c1. The van der Waals surface area contributed by atoms with Crippen LogP contribution in [0.5, 0.6) is 0 Å². The maximum atomic E-state index is 9.79. The first-order valence-electron chi connectivity index (χ1n) is 12.3. The number of aromatic nitrogens is 2. The van der Waals surface area contributed by atoms with Gasteiger partial charge in [0.15, 0.2) is 0 Å². The summed E-state index contributed by atoms with van der Waals surface area (Å²) in [5.41, 5.74) is 5.79. The molecule has 6 rings (SSSR count). The Morgan fingerprint density at radius 2 is 2.03 bits per heavy atom. The van der Waals surface area contributed by atoms with Gasteiger partial charge in [-0.05, 0) is 79.4 Å². The number of H-pyrrole nitrogens is 1. The van der Waals surface area contributed by atoms with Crippen LogP contribution >= 0.6 is 11.3 Å². The predicted molar refractivity (Wildman–Crippen MR) is 146 cm³/mol. The maximum Gasteiger partial charge on any atom is 0.126 e. The summed E-state index contributed by atoms with van der Waals surface area (Å²) >= 11 is 1.65. The highest BCUT2D eigenvalue weighted by Gasteiger charge is 2.19. The molecule has 3 aromatic heterocycles. The topological polar surface area (TPSA) is 88.0 Å². The molecule has 7 heteroatoms. The zero-order valence-electron chi connectivity index (χ0n) is 19.9. The van der Waals surface area contributed by atoms with Gasteiger partial charge in [-0.1, -0.05) is 18.2 Å². The number of aliphatic hydroxyl groups is 1. The molecule has 0 spiro atoms. The summed E-state index contributed by atoms with van der Waals surface area (Å²) < 4.78 is 0. The molecule has 5 aromatic rings. The van der Waals surface area contributed by atoms with Crippen LogP contribution in [0, 0.1) is 17.2 Å². The molecule has 0 aliphatic carbocycles. The Labute approximate surface area is 213 Å². The zero-order chi connectivity index (χ0) is 24.5. The number of thiophene rings is 1. The average Bonchev–Trinajstić information content (AvgIpc) is 3.57. The van der Waals surface area contributed by atoms with E-state index < -0.39 is 0 Å². The fraction of sp³-hybridized carbons (Fsp3) is 0.241. The van der Waals surface area contributed by atoms with Gasteiger partial charge in [-0.15, -0.1) is 11.3 Å². The Balaban J connectivity index is 1.30. The van der Waals surface area contributed by atoms with Crippen LogP contribution in [-0.4, -0.2) is 39.7 Å². The van der Waals surface area contributed by atoms with E-state index in [4.69, 9.17) is 0 Å². The fourth-order valence-corrected chi connectivity index (χ4v) is 6.04. The molecular formula is C29H27N5OS. The Morgan fingerprint density at radius 1 is 1.14 bits per heavy atom. The lowest BCUT2D eigenvalue weighted by atomic mass is 9.97. The molecule has 1 aliphatic rings. The summed E-state index contributed by atoms with van der Waals surface area (Å²) in [7, 11) is 0. The van der Waals surface area contributed by atoms with Crippen LogP contribution in [-0.2, 0) is 6.54 Å². The number of aromatic amines is 1. The lowest BCUT2D eigenvalue weighted by Crippen LogP contribution is -2.34. The van der Waals surface area contributed by atoms with E-state index in [1.165, 1.54) is 11.1 Å². The third-order valence-electron chi connectivity index (χ3n) is 7.09. The lowest BCUT2D eigenvalue weighted by Gasteiger charge is -2.31. The Bertz CT molecular complexity index is 1570. The summed E-state index contributed by atoms with van der Waals surface area (Å²) in [5.74, 6) is 0.449. The second-order valence-electron chi connectivity index (χ2n) is 9.50. The Morgan fingerprint density at radius 3 is 2.86 bits per heavy atom. The van der Waals surface area contributed by atoms with Gasteiger partial charge < -0.3 is 15.4 Å². The number of nitrogens with zero attached hydrogens (tertiary/aromatic N) is 3. The number of nitrogens with one attached hydrogen (secondary N) is 2. The first-order valence-corrected chi connectivity index (χ1v) is 13.1. The molecule has 0 unspecified atom stereocenters. The van der Waals surface area contributed by atoms with Gasteiger partial charge in [-0.3, -0.25) is 4.90 Å². The first-order chi connectivity index (χ1) is 17.7. The number of fused-ring (bicyclic) bond motifs is 2. The third kappa shape index (κ3) is 4.47. The summed E-state index contributed by atoms with van der Waals surface area (Å²) in [4.78, 5) is 12.3. The smallest absolute Gasteiger partial charge is 0.126 e. The van der Waals surface area contributed by atoms with E-state index in [0.717, 1.165) is 69.8 Å². The van der Waals surface area contributed by atoms with Crippen molar-refractivity contribution >= 4 is 43.8 Å². The van der Waals surface area contributed by atoms with Crippen LogP contribution in [0.15, 0.2) is 67.0 Å². The number of hydrogen-bond acceptors (Lipinski definition) is 6. The lowest BCUT2D eigenvalue weighted by molar-refractivity contribution is 0.127. The molecule has 1 saturated heterocycles. The van der Waals surface area contributed by atoms with Gasteiger partial charge >= 0.3 is 0 Å². The number of rotatable bonds is 6. The van der Waals surface area contributed by atoms with Crippen LogP contribution in [0.25, 0.3) is 31.6 Å².